The van der Waals surface area contributed by atoms with Gasteiger partial charge in [-0.25, -0.2) is 9.59 Å². The number of nitrogens with zero attached hydrogens (tertiary/aromatic N) is 3. The van der Waals surface area contributed by atoms with E-state index < -0.39 is 8.56 Å². The van der Waals surface area contributed by atoms with Crippen molar-refractivity contribution in [3.05, 3.63) is 59.7 Å². The molecule has 0 fully saturated rings. The highest BCUT2D eigenvalue weighted by Gasteiger charge is 2.30. The van der Waals surface area contributed by atoms with Crippen LogP contribution in [0, 0.1) is 0 Å². The minimum absolute atomic E-state index is 0.256. The molecule has 0 saturated heterocycles. The van der Waals surface area contributed by atoms with Gasteiger partial charge in [-0.15, -0.1) is 0 Å². The summed E-state index contributed by atoms with van der Waals surface area (Å²) in [7, 11) is -2.90. The molecule has 3 rings (SSSR count). The van der Waals surface area contributed by atoms with Gasteiger partial charge < -0.3 is 35.0 Å². The predicted molar refractivity (Wildman–Crippen MR) is 165 cm³/mol. The van der Waals surface area contributed by atoms with Gasteiger partial charge in [0.05, 0.1) is 24.3 Å². The van der Waals surface area contributed by atoms with Crippen molar-refractivity contribution in [3.8, 4) is 0 Å². The van der Waals surface area contributed by atoms with Crippen LogP contribution < -0.4 is 16.0 Å². The van der Waals surface area contributed by atoms with Crippen LogP contribution in [0.15, 0.2) is 48.5 Å². The summed E-state index contributed by atoms with van der Waals surface area (Å²) in [6, 6.07) is 14.0. The number of benzene rings is 2. The fourth-order valence-electron chi connectivity index (χ4n) is 3.62. The Morgan fingerprint density at radius 2 is 1.19 bits per heavy atom. The summed E-state index contributed by atoms with van der Waals surface area (Å²) in [4.78, 5) is 55.4. The maximum Gasteiger partial charge on any atom is 0.537 e. The minimum atomic E-state index is -2.90. The normalized spacial score (nSPS) is 12.2. The fourth-order valence-corrected chi connectivity index (χ4v) is 4.49. The summed E-state index contributed by atoms with van der Waals surface area (Å²) < 4.78 is 10.5. The molecule has 3 aromatic rings. The van der Waals surface area contributed by atoms with Gasteiger partial charge in [0.1, 0.15) is 0 Å². The second kappa shape index (κ2) is 16.4. The highest BCUT2D eigenvalue weighted by Crippen LogP contribution is 2.20. The van der Waals surface area contributed by atoms with Crippen LogP contribution in [-0.2, 0) is 9.47 Å². The first kappa shape index (κ1) is 32.4. The zero-order valence-electron chi connectivity index (χ0n) is 24.4. The Hall–Kier alpha value is -4.07. The van der Waals surface area contributed by atoms with E-state index in [0.717, 1.165) is 25.7 Å². The Labute approximate surface area is 247 Å². The molecule has 1 atom stereocenters. The van der Waals surface area contributed by atoms with Crippen molar-refractivity contribution in [1.82, 2.24) is 15.0 Å². The lowest BCUT2D eigenvalue weighted by Crippen LogP contribution is -2.30. The van der Waals surface area contributed by atoms with Gasteiger partial charge in [-0.3, -0.25) is 0 Å². The monoisotopic (exact) mass is 597 g/mol. The molecule has 2 aromatic carbocycles. The first-order chi connectivity index (χ1) is 20.2. The van der Waals surface area contributed by atoms with Crippen molar-refractivity contribution in [2.75, 3.05) is 35.7 Å². The van der Waals surface area contributed by atoms with E-state index in [1.54, 1.807) is 55.1 Å². The number of carbonyl (C=O) groups excluding carboxylic acids is 2. The Kier molecular flexibility index (Phi) is 12.7. The second-order valence-corrected chi connectivity index (χ2v) is 13.0. The van der Waals surface area contributed by atoms with Crippen molar-refractivity contribution < 1.29 is 28.7 Å². The number of rotatable bonds is 17. The average molecular weight is 598 g/mol. The van der Waals surface area contributed by atoms with E-state index in [2.05, 4.69) is 30.9 Å². The number of aromatic nitrogens is 3. The molecule has 0 radical (unpaired) electrons. The van der Waals surface area contributed by atoms with Gasteiger partial charge in [0, 0.05) is 30.5 Å². The number of anilines is 5. The largest absolute Gasteiger partial charge is 0.537 e. The number of ether oxygens (including phenoxy) is 2. The van der Waals surface area contributed by atoms with Crippen LogP contribution in [0.1, 0.15) is 66.7 Å². The fraction of sp³-hybridized carbons (Fsp3) is 0.414. The van der Waals surface area contributed by atoms with Crippen molar-refractivity contribution >= 4 is 49.7 Å². The summed E-state index contributed by atoms with van der Waals surface area (Å²) in [6.07, 6.45) is 4.12. The highest BCUT2D eigenvalue weighted by molar-refractivity contribution is 6.63. The smallest absolute Gasteiger partial charge is 0.521 e. The zero-order chi connectivity index (χ0) is 30.4. The van der Waals surface area contributed by atoms with E-state index >= 15 is 0 Å². The molecule has 12 nitrogen and oxygen atoms in total. The molecule has 226 valence electrons. The number of hydrogen-bond donors (Lipinski definition) is 4. The van der Waals surface area contributed by atoms with E-state index in [1.807, 2.05) is 13.8 Å². The maximum absolute atomic E-state index is 12.2. The molecule has 0 spiro atoms. The quantitative estimate of drug-likeness (QED) is 0.0725. The average Bonchev–Trinajstić information content (AvgIpc) is 2.96. The van der Waals surface area contributed by atoms with Crippen molar-refractivity contribution in [1.29, 1.82) is 0 Å². The molecule has 0 bridgehead atoms. The van der Waals surface area contributed by atoms with Crippen molar-refractivity contribution in [2.24, 2.45) is 0 Å². The van der Waals surface area contributed by atoms with E-state index in [9.17, 15) is 14.4 Å². The van der Waals surface area contributed by atoms with Crippen LogP contribution in [0.2, 0.25) is 12.6 Å². The lowest BCUT2D eigenvalue weighted by Gasteiger charge is -2.12. The third kappa shape index (κ3) is 11.4. The van der Waals surface area contributed by atoms with Gasteiger partial charge in [0.15, 0.2) is 0 Å². The number of nitrogens with one attached hydrogen (secondary N) is 3. The molecule has 1 heterocycles. The molecule has 0 aliphatic heterocycles. The minimum Gasteiger partial charge on any atom is -0.521 e. The molecule has 42 heavy (non-hydrogen) atoms. The molecule has 0 aliphatic rings. The standard InChI is InChI=1S/C29H40N6O6Si/c1-4-6-18-40-25(36)21-9-13-23(14-10-21)31-28-33-27(30-17-8-20-42(3,38)39)34-29(35-28)32-24-15-11-22(12-16-24)26(37)41-19-7-5-2/h9-16,38-39H,4-8,17-20H2,1-3H3,(H3,30,31,32,33,34,35)/p+1. The Morgan fingerprint density at radius 1 is 0.762 bits per heavy atom. The number of esters is 2. The highest BCUT2D eigenvalue weighted by atomic mass is 28.4. The first-order valence-corrected chi connectivity index (χ1v) is 16.9. The van der Waals surface area contributed by atoms with E-state index in [0.29, 0.717) is 60.7 Å². The molecule has 6 N–H and O–H groups in total. The van der Waals surface area contributed by atoms with Gasteiger partial charge in [-0.05, 0) is 67.8 Å². The summed E-state index contributed by atoms with van der Waals surface area (Å²) in [5, 5.41) is 9.40. The lowest BCUT2D eigenvalue weighted by atomic mass is 10.2. The van der Waals surface area contributed by atoms with Gasteiger partial charge in [0.2, 0.25) is 17.8 Å². The van der Waals surface area contributed by atoms with E-state index in [-0.39, 0.29) is 23.8 Å². The van der Waals surface area contributed by atoms with E-state index in [1.165, 1.54) is 0 Å². The zero-order valence-corrected chi connectivity index (χ0v) is 25.4. The van der Waals surface area contributed by atoms with Gasteiger partial charge in [0.25, 0.3) is 0 Å². The second-order valence-electron chi connectivity index (χ2n) is 9.99. The first-order valence-electron chi connectivity index (χ1n) is 14.2. The summed E-state index contributed by atoms with van der Waals surface area (Å²) >= 11 is 0. The van der Waals surface area contributed by atoms with Crippen molar-refractivity contribution in [3.63, 3.8) is 0 Å². The summed E-state index contributed by atoms with van der Waals surface area (Å²) in [5.74, 6) is 0.0669. The Bertz CT molecular complexity index is 1200. The molecular weight excluding hydrogens is 556 g/mol. The topological polar surface area (TPSA) is 170 Å². The van der Waals surface area contributed by atoms with Gasteiger partial charge >= 0.3 is 20.5 Å². The molecule has 13 heteroatoms. The molecule has 0 saturated carbocycles. The third-order valence-electron chi connectivity index (χ3n) is 5.97. The van der Waals surface area contributed by atoms with E-state index in [4.69, 9.17) is 14.3 Å². The molecule has 0 amide bonds. The molecule has 0 aliphatic carbocycles. The maximum atomic E-state index is 12.2. The SMILES string of the molecule is CCCCOC(=O)c1ccc(Nc2nc(NCCC[Si](C)(O)[OH2+])nc(Nc3ccc(C(=O)OCCCC)cc3)n2)cc1. The van der Waals surface area contributed by atoms with Gasteiger partial charge in [-0.2, -0.15) is 15.0 Å². The van der Waals surface area contributed by atoms with Crippen LogP contribution in [0.3, 0.4) is 0 Å². The Balaban J connectivity index is 1.73. The number of carbonyl (C=O) groups is 2. The predicted octanol–water partition coefficient (Wildman–Crippen LogP) is 4.86. The van der Waals surface area contributed by atoms with Crippen LogP contribution >= 0.6 is 0 Å². The lowest BCUT2D eigenvalue weighted by molar-refractivity contribution is 0.0490. The third-order valence-corrected chi connectivity index (χ3v) is 7.30. The van der Waals surface area contributed by atoms with Crippen LogP contribution in [-0.4, -0.2) is 64.8 Å². The van der Waals surface area contributed by atoms with Crippen molar-refractivity contribution in [2.45, 2.75) is 58.5 Å². The van der Waals surface area contributed by atoms with Crippen LogP contribution in [0.4, 0.5) is 29.2 Å². The number of hydrogen-bond acceptors (Lipinski definition) is 11. The summed E-state index contributed by atoms with van der Waals surface area (Å²) in [5.41, 5.74) is 2.21. The van der Waals surface area contributed by atoms with Gasteiger partial charge in [-0.1, -0.05) is 26.7 Å². The van der Waals surface area contributed by atoms with Crippen LogP contribution in [0.5, 0.6) is 0 Å². The Morgan fingerprint density at radius 3 is 1.60 bits per heavy atom. The molecular formula is C29H41N6O6Si+. The molecule has 1 unspecified atom stereocenters. The summed E-state index contributed by atoms with van der Waals surface area (Å²) in [6.45, 7) is 6.88. The molecule has 1 aromatic heterocycles. The number of unbranched alkanes of at least 4 members (excludes halogenated alkanes) is 2. The van der Waals surface area contributed by atoms with Crippen LogP contribution in [0.25, 0.3) is 0 Å².